The van der Waals surface area contributed by atoms with E-state index in [1.807, 2.05) is 4.90 Å². The molecule has 12 heteroatoms. The van der Waals surface area contributed by atoms with Gasteiger partial charge in [0.1, 0.15) is 11.7 Å². The number of carbonyl (C=O) groups is 2. The fourth-order valence-electron chi connectivity index (χ4n) is 4.30. The lowest BCUT2D eigenvalue weighted by atomic mass is 10.1. The summed E-state index contributed by atoms with van der Waals surface area (Å²) >= 11 is 0. The number of hydrogen-bond acceptors (Lipinski definition) is 6. The molecule has 0 radical (unpaired) electrons. The fourth-order valence-corrected chi connectivity index (χ4v) is 4.30. The van der Waals surface area contributed by atoms with Crippen LogP contribution in [0.4, 0.5) is 35.9 Å². The second-order valence-electron chi connectivity index (χ2n) is 8.10. The quantitative estimate of drug-likeness (QED) is 0.537. The van der Waals surface area contributed by atoms with Gasteiger partial charge in [0.15, 0.2) is 0 Å². The van der Waals surface area contributed by atoms with Crippen molar-refractivity contribution in [3.63, 3.8) is 0 Å². The number of para-hydroxylation sites is 4. The Morgan fingerprint density at radius 3 is 2.29 bits per heavy atom. The number of nitro groups is 1. The van der Waals surface area contributed by atoms with Crippen LogP contribution < -0.4 is 15.1 Å². The number of amides is 2. The molecule has 1 saturated heterocycles. The largest absolute Gasteiger partial charge is 0.409 e. The monoisotopic (exact) mass is 477 g/mol. The number of benzene rings is 2. The maximum atomic E-state index is 13.9. The molecular formula is C22H22F3N5O4. The van der Waals surface area contributed by atoms with Crippen molar-refractivity contribution in [3.8, 4) is 0 Å². The molecule has 9 nitrogen and oxygen atoms in total. The van der Waals surface area contributed by atoms with Crippen molar-refractivity contribution in [2.24, 2.45) is 0 Å². The van der Waals surface area contributed by atoms with E-state index in [-0.39, 0.29) is 23.6 Å². The van der Waals surface area contributed by atoms with E-state index in [1.54, 1.807) is 29.2 Å². The molecule has 2 aliphatic rings. The molecule has 1 fully saturated rings. The molecule has 1 atom stereocenters. The molecule has 2 aromatic rings. The molecule has 2 amide bonds. The Morgan fingerprint density at radius 1 is 1.03 bits per heavy atom. The number of nitrogens with zero attached hydrogens (tertiary/aromatic N) is 4. The molecule has 2 aromatic carbocycles. The molecule has 2 heterocycles. The van der Waals surface area contributed by atoms with Crippen molar-refractivity contribution < 1.29 is 27.7 Å². The molecule has 1 unspecified atom stereocenters. The first-order valence-electron chi connectivity index (χ1n) is 10.6. The van der Waals surface area contributed by atoms with Gasteiger partial charge in [-0.25, -0.2) is 0 Å². The number of anilines is 3. The second kappa shape index (κ2) is 9.29. The van der Waals surface area contributed by atoms with Crippen LogP contribution in [-0.2, 0) is 9.59 Å². The minimum absolute atomic E-state index is 0.000721. The number of piperazine rings is 1. The molecule has 2 aliphatic heterocycles. The van der Waals surface area contributed by atoms with Crippen molar-refractivity contribution in [2.45, 2.75) is 18.6 Å². The minimum atomic E-state index is -4.80. The molecule has 4 rings (SSSR count). The molecule has 0 aromatic heterocycles. The van der Waals surface area contributed by atoms with Crippen molar-refractivity contribution in [1.29, 1.82) is 0 Å². The van der Waals surface area contributed by atoms with Crippen LogP contribution in [0.15, 0.2) is 48.5 Å². The smallest absolute Gasteiger partial charge is 0.363 e. The first kappa shape index (κ1) is 23.5. The summed E-state index contributed by atoms with van der Waals surface area (Å²) in [6.07, 6.45) is -5.69. The number of alkyl halides is 3. The Hall–Kier alpha value is -3.67. The fraction of sp³-hybridized carbons (Fsp3) is 0.364. The van der Waals surface area contributed by atoms with Crippen LogP contribution in [-0.4, -0.2) is 66.6 Å². The number of hydrogen-bond donors (Lipinski definition) is 1. The lowest BCUT2D eigenvalue weighted by Gasteiger charge is -2.37. The maximum Gasteiger partial charge on any atom is 0.409 e. The predicted molar refractivity (Wildman–Crippen MR) is 119 cm³/mol. The van der Waals surface area contributed by atoms with Gasteiger partial charge < -0.3 is 10.2 Å². The first-order chi connectivity index (χ1) is 16.1. The Bertz CT molecular complexity index is 1100. The third kappa shape index (κ3) is 4.81. The summed E-state index contributed by atoms with van der Waals surface area (Å²) in [5.41, 5.74) is 0.577. The van der Waals surface area contributed by atoms with Gasteiger partial charge in [-0.3, -0.25) is 29.5 Å². The zero-order valence-corrected chi connectivity index (χ0v) is 18.0. The normalized spacial score (nSPS) is 19.3. The van der Waals surface area contributed by atoms with E-state index in [2.05, 4.69) is 5.32 Å². The number of carbonyl (C=O) groups excluding carboxylic acids is 2. The van der Waals surface area contributed by atoms with Gasteiger partial charge in [0.25, 0.3) is 5.69 Å². The van der Waals surface area contributed by atoms with E-state index < -0.39 is 35.4 Å². The van der Waals surface area contributed by atoms with Gasteiger partial charge in [-0.15, -0.1) is 0 Å². The van der Waals surface area contributed by atoms with E-state index in [1.165, 1.54) is 24.3 Å². The molecule has 0 bridgehead atoms. The van der Waals surface area contributed by atoms with Crippen LogP contribution in [0.1, 0.15) is 6.42 Å². The number of nitrogens with one attached hydrogen (secondary N) is 1. The lowest BCUT2D eigenvalue weighted by molar-refractivity contribution is -0.384. The van der Waals surface area contributed by atoms with E-state index in [9.17, 15) is 32.9 Å². The van der Waals surface area contributed by atoms with Crippen LogP contribution in [0.25, 0.3) is 0 Å². The second-order valence-corrected chi connectivity index (χ2v) is 8.10. The van der Waals surface area contributed by atoms with Gasteiger partial charge in [0, 0.05) is 32.2 Å². The van der Waals surface area contributed by atoms with E-state index in [0.29, 0.717) is 36.8 Å². The van der Waals surface area contributed by atoms with Crippen molar-refractivity contribution in [3.05, 3.63) is 58.6 Å². The molecule has 0 saturated carbocycles. The minimum Gasteiger partial charge on any atom is -0.363 e. The van der Waals surface area contributed by atoms with Gasteiger partial charge >= 0.3 is 6.18 Å². The number of halogens is 3. The lowest BCUT2D eigenvalue weighted by Crippen LogP contribution is -2.55. The summed E-state index contributed by atoms with van der Waals surface area (Å²) in [6.45, 7) is 1.14. The zero-order valence-electron chi connectivity index (χ0n) is 18.0. The van der Waals surface area contributed by atoms with E-state index >= 15 is 0 Å². The van der Waals surface area contributed by atoms with Gasteiger partial charge in [-0.2, -0.15) is 13.2 Å². The van der Waals surface area contributed by atoms with E-state index in [4.69, 9.17) is 0 Å². The SMILES string of the molecule is O=C1CC(C(F)(F)F)N(C(=O)CN2CCN(c3ccccc3[N+](=O)[O-])CC2)c2ccccc2N1. The highest BCUT2D eigenvalue weighted by molar-refractivity contribution is 6.05. The van der Waals surface area contributed by atoms with E-state index in [0.717, 1.165) is 0 Å². The van der Waals surface area contributed by atoms with Gasteiger partial charge in [0.2, 0.25) is 11.8 Å². The number of fused-ring (bicyclic) bond motifs is 1. The highest BCUT2D eigenvalue weighted by atomic mass is 19.4. The van der Waals surface area contributed by atoms with Crippen LogP contribution in [0.2, 0.25) is 0 Å². The number of nitro benzene ring substituents is 1. The molecule has 180 valence electrons. The molecule has 0 spiro atoms. The Morgan fingerprint density at radius 2 is 1.65 bits per heavy atom. The first-order valence-corrected chi connectivity index (χ1v) is 10.6. The Labute approximate surface area is 192 Å². The predicted octanol–water partition coefficient (Wildman–Crippen LogP) is 3.02. The van der Waals surface area contributed by atoms with Gasteiger partial charge in [0.05, 0.1) is 29.3 Å². The van der Waals surface area contributed by atoms with Gasteiger partial charge in [-0.05, 0) is 18.2 Å². The average molecular weight is 477 g/mol. The summed E-state index contributed by atoms with van der Waals surface area (Å²) in [7, 11) is 0. The van der Waals surface area contributed by atoms with Crippen LogP contribution >= 0.6 is 0 Å². The van der Waals surface area contributed by atoms with Crippen molar-refractivity contribution in [2.75, 3.05) is 47.8 Å². The Kier molecular flexibility index (Phi) is 6.42. The molecule has 34 heavy (non-hydrogen) atoms. The van der Waals surface area contributed by atoms with Crippen LogP contribution in [0.3, 0.4) is 0 Å². The maximum absolute atomic E-state index is 13.9. The summed E-state index contributed by atoms with van der Waals surface area (Å²) in [6, 6.07) is 9.96. The topological polar surface area (TPSA) is 99.0 Å². The zero-order chi connectivity index (χ0) is 24.5. The van der Waals surface area contributed by atoms with Crippen LogP contribution in [0.5, 0.6) is 0 Å². The molecule has 0 aliphatic carbocycles. The molecule has 1 N–H and O–H groups in total. The average Bonchev–Trinajstić information content (AvgIpc) is 2.95. The van der Waals surface area contributed by atoms with Crippen LogP contribution in [0, 0.1) is 10.1 Å². The standard InChI is InChI=1S/C22H22F3N5O4/c23-22(24,25)19-13-20(31)26-15-5-1-2-6-16(15)29(19)21(32)14-27-9-11-28(12-10-27)17-7-3-4-8-18(17)30(33)34/h1-8,19H,9-14H2,(H,26,31). The third-order valence-electron chi connectivity index (χ3n) is 5.92. The van der Waals surface area contributed by atoms with Crippen molar-refractivity contribution in [1.82, 2.24) is 4.90 Å². The van der Waals surface area contributed by atoms with Gasteiger partial charge in [-0.1, -0.05) is 24.3 Å². The summed E-state index contributed by atoms with van der Waals surface area (Å²) < 4.78 is 41.6. The Balaban J connectivity index is 1.51. The highest BCUT2D eigenvalue weighted by Crippen LogP contribution is 2.38. The summed E-state index contributed by atoms with van der Waals surface area (Å²) in [5.74, 6) is -1.59. The third-order valence-corrected chi connectivity index (χ3v) is 5.92. The molecular weight excluding hydrogens is 455 g/mol. The highest BCUT2D eigenvalue weighted by Gasteiger charge is 2.49. The number of rotatable bonds is 4. The summed E-state index contributed by atoms with van der Waals surface area (Å²) in [5, 5.41) is 13.8. The van der Waals surface area contributed by atoms with Crippen molar-refractivity contribution >= 4 is 34.6 Å². The summed E-state index contributed by atoms with van der Waals surface area (Å²) in [4.78, 5) is 40.3.